The topological polar surface area (TPSA) is 127 Å². The summed E-state index contributed by atoms with van der Waals surface area (Å²) in [5, 5.41) is 12.2. The molecular formula is C22H23BrF2N8O. The second-order valence-corrected chi connectivity index (χ2v) is 8.40. The Hall–Kier alpha value is -3.54. The van der Waals surface area contributed by atoms with Gasteiger partial charge in [0.05, 0.1) is 28.3 Å². The number of nitrogens with two attached hydrogens (primary N) is 1. The van der Waals surface area contributed by atoms with Crippen molar-refractivity contribution in [2.45, 2.75) is 32.9 Å². The Labute approximate surface area is 203 Å². The summed E-state index contributed by atoms with van der Waals surface area (Å²) >= 11 is 3.32. The van der Waals surface area contributed by atoms with Crippen LogP contribution in [0.4, 0.5) is 14.6 Å². The Balaban J connectivity index is 2.00. The number of pyridine rings is 2. The highest BCUT2D eigenvalue weighted by Crippen LogP contribution is 2.25. The minimum Gasteiger partial charge on any atom is -0.383 e. The van der Waals surface area contributed by atoms with Gasteiger partial charge in [0.2, 0.25) is 0 Å². The molecule has 9 nitrogen and oxygen atoms in total. The molecule has 0 aliphatic carbocycles. The second-order valence-electron chi connectivity index (χ2n) is 7.54. The fourth-order valence-electron chi connectivity index (χ4n) is 3.16. The number of amides is 1. The van der Waals surface area contributed by atoms with Crippen LogP contribution in [-0.4, -0.2) is 41.8 Å². The van der Waals surface area contributed by atoms with E-state index in [1.807, 2.05) is 0 Å². The van der Waals surface area contributed by atoms with Gasteiger partial charge in [0.25, 0.3) is 12.3 Å². The monoisotopic (exact) mass is 532 g/mol. The normalized spacial score (nSPS) is 12.6. The van der Waals surface area contributed by atoms with Crippen molar-refractivity contribution < 1.29 is 13.6 Å². The van der Waals surface area contributed by atoms with Crippen LogP contribution in [0, 0.1) is 12.3 Å². The van der Waals surface area contributed by atoms with Crippen LogP contribution in [0.25, 0.3) is 6.08 Å². The van der Waals surface area contributed by atoms with Crippen molar-refractivity contribution >= 4 is 39.9 Å². The zero-order valence-electron chi connectivity index (χ0n) is 18.7. The number of aromatic nitrogens is 5. The standard InChI is InChI=1S/C22H23BrF2N8O/c1-12-15(7-18(23)20(27)30-12)6-16(8-26)22(34)33(13(2)21-29-11-32(3)31-21)10-17-5-4-14(9-28-17)19(24)25/h4-9,11,13,19,26H,10H2,1-3H3,(H2,27,30)/b16-6+,26-8?/t13-/m1/s1. The first-order chi connectivity index (χ1) is 16.1. The highest BCUT2D eigenvalue weighted by atomic mass is 79.9. The van der Waals surface area contributed by atoms with Crippen LogP contribution in [0.3, 0.4) is 0 Å². The molecule has 1 atom stereocenters. The van der Waals surface area contributed by atoms with E-state index in [1.165, 1.54) is 28.0 Å². The number of aryl methyl sites for hydroxylation is 2. The summed E-state index contributed by atoms with van der Waals surface area (Å²) in [6, 6.07) is 3.84. The third-order valence-corrected chi connectivity index (χ3v) is 5.73. The van der Waals surface area contributed by atoms with Gasteiger partial charge in [-0.15, -0.1) is 0 Å². The maximum Gasteiger partial charge on any atom is 0.265 e. The summed E-state index contributed by atoms with van der Waals surface area (Å²) in [5.41, 5.74) is 7.28. The van der Waals surface area contributed by atoms with Crippen LogP contribution >= 0.6 is 15.9 Å². The van der Waals surface area contributed by atoms with Crippen LogP contribution < -0.4 is 5.73 Å². The highest BCUT2D eigenvalue weighted by molar-refractivity contribution is 9.10. The Morgan fingerprint density at radius 3 is 2.65 bits per heavy atom. The number of carbonyl (C=O) groups excluding carboxylic acids is 1. The van der Waals surface area contributed by atoms with Crippen LogP contribution in [0.5, 0.6) is 0 Å². The van der Waals surface area contributed by atoms with Gasteiger partial charge in [0.1, 0.15) is 12.1 Å². The molecule has 12 heteroatoms. The van der Waals surface area contributed by atoms with Crippen molar-refractivity contribution in [3.8, 4) is 0 Å². The fraction of sp³-hybridized carbons (Fsp3) is 0.273. The molecule has 0 spiro atoms. The molecule has 34 heavy (non-hydrogen) atoms. The molecule has 3 rings (SSSR count). The van der Waals surface area contributed by atoms with Crippen molar-refractivity contribution in [2.24, 2.45) is 7.05 Å². The zero-order valence-corrected chi connectivity index (χ0v) is 20.3. The largest absolute Gasteiger partial charge is 0.383 e. The highest BCUT2D eigenvalue weighted by Gasteiger charge is 2.27. The van der Waals surface area contributed by atoms with Crippen LogP contribution in [-0.2, 0) is 18.4 Å². The van der Waals surface area contributed by atoms with Gasteiger partial charge in [-0.3, -0.25) is 14.5 Å². The van der Waals surface area contributed by atoms with Gasteiger partial charge in [0.15, 0.2) is 5.82 Å². The number of nitrogens with zero attached hydrogens (tertiary/aromatic N) is 6. The number of alkyl halides is 2. The number of rotatable bonds is 8. The van der Waals surface area contributed by atoms with Gasteiger partial charge in [0, 0.05) is 30.7 Å². The van der Waals surface area contributed by atoms with Gasteiger partial charge in [-0.25, -0.2) is 18.7 Å². The number of hydrogen-bond acceptors (Lipinski definition) is 7. The average Bonchev–Trinajstić information content (AvgIpc) is 3.24. The summed E-state index contributed by atoms with van der Waals surface area (Å²) in [5.74, 6) is 0.215. The lowest BCUT2D eigenvalue weighted by molar-refractivity contribution is -0.129. The van der Waals surface area contributed by atoms with E-state index in [0.717, 1.165) is 12.4 Å². The SMILES string of the molecule is Cc1nc(N)c(Br)cc1/C=C(\C=N)C(=O)N(Cc1ccc(C(F)F)cn1)[C@H](C)c1ncn(C)n1. The molecular weight excluding hydrogens is 510 g/mol. The van der Waals surface area contributed by atoms with E-state index in [0.29, 0.717) is 33.1 Å². The third-order valence-electron chi connectivity index (χ3n) is 5.10. The zero-order chi connectivity index (χ0) is 25.0. The molecule has 3 N–H and O–H groups in total. The molecule has 0 bridgehead atoms. The molecule has 0 saturated heterocycles. The van der Waals surface area contributed by atoms with Crippen LogP contribution in [0.1, 0.15) is 47.7 Å². The predicted molar refractivity (Wildman–Crippen MR) is 127 cm³/mol. The Kier molecular flexibility index (Phi) is 7.82. The first kappa shape index (κ1) is 25.1. The molecule has 0 aliphatic rings. The second kappa shape index (κ2) is 10.6. The lowest BCUT2D eigenvalue weighted by Gasteiger charge is -2.27. The van der Waals surface area contributed by atoms with E-state index >= 15 is 0 Å². The first-order valence-electron chi connectivity index (χ1n) is 10.1. The number of nitrogen functional groups attached to an aromatic ring is 1. The number of anilines is 1. The predicted octanol–water partition coefficient (Wildman–Crippen LogP) is 4.02. The fourth-order valence-corrected chi connectivity index (χ4v) is 3.50. The maximum atomic E-state index is 13.6. The van der Waals surface area contributed by atoms with E-state index in [1.54, 1.807) is 33.0 Å². The van der Waals surface area contributed by atoms with Gasteiger partial charge in [-0.1, -0.05) is 0 Å². The van der Waals surface area contributed by atoms with Crippen molar-refractivity contribution in [1.29, 1.82) is 5.41 Å². The molecule has 3 aromatic heterocycles. The Morgan fingerprint density at radius 2 is 2.09 bits per heavy atom. The molecule has 0 aliphatic heterocycles. The molecule has 0 aromatic carbocycles. The van der Waals surface area contributed by atoms with E-state index in [9.17, 15) is 13.6 Å². The molecule has 3 heterocycles. The molecule has 178 valence electrons. The molecule has 0 unspecified atom stereocenters. The van der Waals surface area contributed by atoms with E-state index in [2.05, 4.69) is 36.0 Å². The molecule has 0 fully saturated rings. The summed E-state index contributed by atoms with van der Waals surface area (Å²) in [6.45, 7) is 3.48. The van der Waals surface area contributed by atoms with Crippen LogP contribution in [0.15, 0.2) is 40.8 Å². The maximum absolute atomic E-state index is 13.6. The summed E-state index contributed by atoms with van der Waals surface area (Å²) in [7, 11) is 1.71. The van der Waals surface area contributed by atoms with Crippen molar-refractivity contribution in [1.82, 2.24) is 29.6 Å². The Bertz CT molecular complexity index is 1230. The number of hydrogen-bond donors (Lipinski definition) is 2. The van der Waals surface area contributed by atoms with Crippen molar-refractivity contribution in [3.63, 3.8) is 0 Å². The number of halogens is 3. The summed E-state index contributed by atoms with van der Waals surface area (Å²) in [6.07, 6.45) is 2.45. The number of carbonyl (C=O) groups is 1. The van der Waals surface area contributed by atoms with E-state index in [4.69, 9.17) is 11.1 Å². The average molecular weight is 533 g/mol. The lowest BCUT2D eigenvalue weighted by Crippen LogP contribution is -2.35. The van der Waals surface area contributed by atoms with E-state index < -0.39 is 18.4 Å². The smallest absolute Gasteiger partial charge is 0.265 e. The Morgan fingerprint density at radius 1 is 1.35 bits per heavy atom. The molecule has 0 radical (unpaired) electrons. The quantitative estimate of drug-likeness (QED) is 0.333. The lowest BCUT2D eigenvalue weighted by atomic mass is 10.1. The number of nitrogens with one attached hydrogen (secondary N) is 1. The van der Waals surface area contributed by atoms with E-state index in [-0.39, 0.29) is 17.7 Å². The third kappa shape index (κ3) is 5.68. The minimum atomic E-state index is -2.64. The van der Waals surface area contributed by atoms with Crippen LogP contribution in [0.2, 0.25) is 0 Å². The van der Waals surface area contributed by atoms with Gasteiger partial charge >= 0.3 is 0 Å². The summed E-state index contributed by atoms with van der Waals surface area (Å²) in [4.78, 5) is 27.6. The molecule has 1 amide bonds. The van der Waals surface area contributed by atoms with Crippen molar-refractivity contribution in [2.75, 3.05) is 5.73 Å². The molecule has 3 aromatic rings. The van der Waals surface area contributed by atoms with Gasteiger partial charge in [-0.05, 0) is 59.6 Å². The molecule has 0 saturated carbocycles. The first-order valence-corrected chi connectivity index (χ1v) is 10.9. The van der Waals surface area contributed by atoms with Crippen molar-refractivity contribution in [3.05, 3.63) is 69.1 Å². The van der Waals surface area contributed by atoms with Gasteiger partial charge in [-0.2, -0.15) is 5.10 Å². The minimum absolute atomic E-state index is 0.00435. The van der Waals surface area contributed by atoms with Gasteiger partial charge < -0.3 is 16.0 Å². The summed E-state index contributed by atoms with van der Waals surface area (Å²) < 4.78 is 27.9.